The summed E-state index contributed by atoms with van der Waals surface area (Å²) in [5.74, 6) is 0.721. The van der Waals surface area contributed by atoms with Gasteiger partial charge in [0.15, 0.2) is 5.58 Å². The average molecular weight is 275 g/mol. The first-order valence-electron chi connectivity index (χ1n) is 4.02. The third-order valence-corrected chi connectivity index (χ3v) is 2.78. The lowest BCUT2D eigenvalue weighted by molar-refractivity contribution is 0.345. The number of fused-ring (bicyclic) bond motifs is 1. The van der Waals surface area contributed by atoms with Gasteiger partial charge in [-0.1, -0.05) is 27.3 Å². The molecule has 0 spiro atoms. The van der Waals surface area contributed by atoms with Crippen molar-refractivity contribution in [2.75, 3.05) is 11.9 Å². The summed E-state index contributed by atoms with van der Waals surface area (Å²) >= 11 is 4.36. The Morgan fingerprint density at radius 2 is 2.36 bits per heavy atom. The summed E-state index contributed by atoms with van der Waals surface area (Å²) in [4.78, 5) is 10.6. The molecular weight excluding hydrogens is 268 g/mol. The summed E-state index contributed by atoms with van der Waals surface area (Å²) in [6.45, 7) is 0.597. The van der Waals surface area contributed by atoms with Crippen molar-refractivity contribution in [3.05, 3.63) is 27.9 Å². The van der Waals surface area contributed by atoms with Crippen LogP contribution < -0.4 is 9.68 Å². The van der Waals surface area contributed by atoms with Crippen molar-refractivity contribution in [3.8, 4) is 5.75 Å². The zero-order chi connectivity index (χ0) is 9.97. The van der Waals surface area contributed by atoms with Crippen molar-refractivity contribution in [2.45, 2.75) is 0 Å². The van der Waals surface area contributed by atoms with Crippen molar-refractivity contribution >= 4 is 37.5 Å². The van der Waals surface area contributed by atoms with Gasteiger partial charge in [0, 0.05) is 11.4 Å². The first-order valence-corrected chi connectivity index (χ1v) is 5.96. The van der Waals surface area contributed by atoms with E-state index in [0.29, 0.717) is 12.2 Å². The Morgan fingerprint density at radius 3 is 3.14 bits per heavy atom. The molecule has 0 unspecified atom stereocenters. The molecule has 0 bridgehead atoms. The van der Waals surface area contributed by atoms with Gasteiger partial charge in [0.2, 0.25) is 0 Å². The lowest BCUT2D eigenvalue weighted by atomic mass is 10.3. The molecule has 0 saturated carbocycles. The molecule has 0 aliphatic heterocycles. The van der Waals surface area contributed by atoms with Crippen LogP contribution in [-0.2, 0) is 0 Å². The summed E-state index contributed by atoms with van der Waals surface area (Å²) < 4.78 is 11.2. The monoisotopic (exact) mass is 274 g/mol. The number of rotatable bonds is 3. The highest BCUT2D eigenvalue weighted by atomic mass is 79.9. The molecule has 0 fully saturated rings. The first kappa shape index (κ1) is 9.73. The molecule has 0 amide bonds. The fourth-order valence-electron chi connectivity index (χ4n) is 1.10. The lowest BCUT2D eigenvalue weighted by Crippen LogP contribution is -1.96. The van der Waals surface area contributed by atoms with Crippen molar-refractivity contribution in [2.24, 2.45) is 0 Å². The van der Waals surface area contributed by atoms with Crippen LogP contribution in [0.2, 0.25) is 0 Å². The summed E-state index contributed by atoms with van der Waals surface area (Å²) in [7, 11) is 0. The topological polar surface area (TPSA) is 39.4 Å². The van der Waals surface area contributed by atoms with E-state index in [1.807, 2.05) is 12.1 Å². The van der Waals surface area contributed by atoms with E-state index >= 15 is 0 Å². The van der Waals surface area contributed by atoms with Crippen LogP contribution in [0.5, 0.6) is 5.75 Å². The molecule has 1 aromatic carbocycles. The van der Waals surface area contributed by atoms with Gasteiger partial charge in [0.25, 0.3) is 0 Å². The highest BCUT2D eigenvalue weighted by molar-refractivity contribution is 9.09. The normalized spacial score (nSPS) is 10.6. The Balaban J connectivity index is 2.35. The highest BCUT2D eigenvalue weighted by Crippen LogP contribution is 2.22. The van der Waals surface area contributed by atoms with Gasteiger partial charge in [0.05, 0.1) is 11.3 Å². The van der Waals surface area contributed by atoms with Crippen LogP contribution in [0.15, 0.2) is 27.4 Å². The van der Waals surface area contributed by atoms with Gasteiger partial charge < -0.3 is 9.15 Å². The summed E-state index contributed by atoms with van der Waals surface area (Å²) in [5, 5.41) is 0.776. The molecule has 0 radical (unpaired) electrons. The van der Waals surface area contributed by atoms with E-state index in [4.69, 9.17) is 9.15 Å². The van der Waals surface area contributed by atoms with E-state index in [9.17, 15) is 4.79 Å². The second-order valence-corrected chi connectivity index (χ2v) is 4.37. The molecule has 14 heavy (non-hydrogen) atoms. The van der Waals surface area contributed by atoms with Crippen molar-refractivity contribution in [1.82, 2.24) is 0 Å². The fraction of sp³-hybridized carbons (Fsp3) is 0.222. The molecular formula is C9H7BrO3S. The smallest absolute Gasteiger partial charge is 0.396 e. The van der Waals surface area contributed by atoms with Crippen molar-refractivity contribution < 1.29 is 9.15 Å². The minimum absolute atomic E-state index is 0.280. The Kier molecular flexibility index (Phi) is 2.88. The van der Waals surface area contributed by atoms with E-state index in [1.165, 1.54) is 0 Å². The molecule has 1 heterocycles. The zero-order valence-electron chi connectivity index (χ0n) is 7.16. The van der Waals surface area contributed by atoms with Crippen LogP contribution in [0.3, 0.4) is 0 Å². The fourth-order valence-corrected chi connectivity index (χ4v) is 1.91. The van der Waals surface area contributed by atoms with Crippen LogP contribution in [0.1, 0.15) is 0 Å². The van der Waals surface area contributed by atoms with Crippen LogP contribution in [0.4, 0.5) is 0 Å². The van der Waals surface area contributed by atoms with Gasteiger partial charge >= 0.3 is 4.94 Å². The van der Waals surface area contributed by atoms with Gasteiger partial charge in [-0.15, -0.1) is 0 Å². The van der Waals surface area contributed by atoms with Crippen molar-refractivity contribution in [1.29, 1.82) is 0 Å². The molecule has 0 aliphatic carbocycles. The molecule has 3 nitrogen and oxygen atoms in total. The van der Waals surface area contributed by atoms with E-state index in [-0.39, 0.29) is 4.94 Å². The number of benzene rings is 1. The van der Waals surface area contributed by atoms with Gasteiger partial charge in [-0.05, 0) is 12.1 Å². The van der Waals surface area contributed by atoms with Gasteiger partial charge in [0.1, 0.15) is 5.75 Å². The third-order valence-electron chi connectivity index (χ3n) is 1.65. The quantitative estimate of drug-likeness (QED) is 0.808. The van der Waals surface area contributed by atoms with Crippen molar-refractivity contribution in [3.63, 3.8) is 0 Å². The molecule has 0 atom stereocenters. The number of halogens is 1. The molecule has 1 aromatic heterocycles. The van der Waals surface area contributed by atoms with E-state index in [1.54, 1.807) is 6.07 Å². The molecule has 74 valence electrons. The minimum Gasteiger partial charge on any atom is -0.493 e. The number of alkyl halides is 1. The van der Waals surface area contributed by atoms with Gasteiger partial charge in [-0.3, -0.25) is 0 Å². The Hall–Kier alpha value is -0.810. The number of hydrogen-bond donors (Lipinski definition) is 0. The zero-order valence-corrected chi connectivity index (χ0v) is 9.56. The Bertz CT molecular complexity index is 488. The maximum Gasteiger partial charge on any atom is 0.396 e. The third kappa shape index (κ3) is 1.99. The van der Waals surface area contributed by atoms with Crippen LogP contribution >= 0.6 is 27.3 Å². The standard InChI is InChI=1S/C9H7BrO3S/c10-3-4-12-6-1-2-8-7(5-6)13-9(11)14-8/h1-2,5H,3-4H2. The maximum atomic E-state index is 10.9. The summed E-state index contributed by atoms with van der Waals surface area (Å²) in [6.07, 6.45) is 0. The SMILES string of the molecule is O=c1oc2cc(OCCBr)ccc2s1. The molecule has 2 rings (SSSR count). The molecule has 2 aromatic rings. The Morgan fingerprint density at radius 1 is 1.50 bits per heavy atom. The van der Waals surface area contributed by atoms with Gasteiger partial charge in [-0.25, -0.2) is 4.79 Å². The summed E-state index contributed by atoms with van der Waals surface area (Å²) in [5.41, 5.74) is 0.590. The molecule has 0 N–H and O–H groups in total. The lowest BCUT2D eigenvalue weighted by Gasteiger charge is -2.01. The second kappa shape index (κ2) is 4.14. The second-order valence-electron chi connectivity index (χ2n) is 2.60. The largest absolute Gasteiger partial charge is 0.493 e. The summed E-state index contributed by atoms with van der Waals surface area (Å²) in [6, 6.07) is 5.39. The minimum atomic E-state index is -0.280. The van der Waals surface area contributed by atoms with Crippen LogP contribution in [-0.4, -0.2) is 11.9 Å². The predicted molar refractivity (Wildman–Crippen MR) is 59.7 cm³/mol. The average Bonchev–Trinajstić information content (AvgIpc) is 2.54. The van der Waals surface area contributed by atoms with E-state index in [2.05, 4.69) is 15.9 Å². The van der Waals surface area contributed by atoms with Crippen LogP contribution in [0, 0.1) is 0 Å². The first-order chi connectivity index (χ1) is 6.79. The van der Waals surface area contributed by atoms with Gasteiger partial charge in [-0.2, -0.15) is 0 Å². The maximum absolute atomic E-state index is 10.9. The molecule has 0 aliphatic rings. The highest BCUT2D eigenvalue weighted by Gasteiger charge is 2.03. The Labute approximate surface area is 92.4 Å². The van der Waals surface area contributed by atoms with Crippen LogP contribution in [0.25, 0.3) is 10.3 Å². The van der Waals surface area contributed by atoms with E-state index in [0.717, 1.165) is 27.1 Å². The number of ether oxygens (including phenoxy) is 1. The molecule has 0 saturated heterocycles. The van der Waals surface area contributed by atoms with E-state index < -0.39 is 0 Å². The molecule has 5 heteroatoms. The predicted octanol–water partition coefficient (Wildman–Crippen LogP) is 2.63. The number of hydrogen-bond acceptors (Lipinski definition) is 4.